The lowest BCUT2D eigenvalue weighted by molar-refractivity contribution is -0.113. The first-order valence-corrected chi connectivity index (χ1v) is 5.51. The number of fused-ring (bicyclic) bond motifs is 1. The summed E-state index contributed by atoms with van der Waals surface area (Å²) in [5.41, 5.74) is 1.57. The summed E-state index contributed by atoms with van der Waals surface area (Å²) in [6, 6.07) is 7.49. The van der Waals surface area contributed by atoms with Gasteiger partial charge in [-0.15, -0.1) is 0 Å². The molecule has 0 aliphatic carbocycles. The van der Waals surface area contributed by atoms with Crippen molar-refractivity contribution in [2.24, 2.45) is 11.0 Å². The maximum atomic E-state index is 11.4. The second kappa shape index (κ2) is 3.49. The molecule has 1 atom stereocenters. The molecule has 1 aromatic rings. The molecule has 0 bridgehead atoms. The van der Waals surface area contributed by atoms with E-state index in [4.69, 9.17) is 11.6 Å². The van der Waals surface area contributed by atoms with Crippen molar-refractivity contribution < 1.29 is 4.79 Å². The summed E-state index contributed by atoms with van der Waals surface area (Å²) in [7, 11) is 0. The molecule has 4 nitrogen and oxygen atoms in total. The number of halogens is 1. The van der Waals surface area contributed by atoms with Gasteiger partial charge in [0.15, 0.2) is 0 Å². The van der Waals surface area contributed by atoms with Crippen LogP contribution in [0.1, 0.15) is 0 Å². The molecule has 2 heterocycles. The van der Waals surface area contributed by atoms with Crippen LogP contribution < -0.4 is 10.3 Å². The number of hydrazone groups is 1. The molecule has 3 rings (SSSR count). The van der Waals surface area contributed by atoms with Gasteiger partial charge in [0.25, 0.3) is 5.91 Å². The lowest BCUT2D eigenvalue weighted by Gasteiger charge is -2.15. The Labute approximate surface area is 97.9 Å². The van der Waals surface area contributed by atoms with Gasteiger partial charge in [-0.1, -0.05) is 17.7 Å². The first-order valence-electron chi connectivity index (χ1n) is 5.14. The van der Waals surface area contributed by atoms with Gasteiger partial charge in [-0.05, 0) is 18.2 Å². The number of nitrogens with zero attached hydrogens (tertiary/aromatic N) is 2. The van der Waals surface area contributed by atoms with Crippen LogP contribution in [-0.4, -0.2) is 24.7 Å². The predicted molar refractivity (Wildman–Crippen MR) is 62.7 cm³/mol. The van der Waals surface area contributed by atoms with Gasteiger partial charge in [-0.25, -0.2) is 0 Å². The minimum Gasteiger partial charge on any atom is -0.350 e. The number of rotatable bonds is 1. The van der Waals surface area contributed by atoms with Crippen molar-refractivity contribution in [1.29, 1.82) is 0 Å². The fourth-order valence-corrected chi connectivity index (χ4v) is 2.23. The third-order valence-corrected chi connectivity index (χ3v) is 3.09. The molecule has 2 aliphatic rings. The van der Waals surface area contributed by atoms with Crippen molar-refractivity contribution in [3.8, 4) is 0 Å². The Hall–Kier alpha value is -1.55. The highest BCUT2D eigenvalue weighted by molar-refractivity contribution is 6.42. The summed E-state index contributed by atoms with van der Waals surface area (Å²) in [5.74, 6) is 0.168. The highest BCUT2D eigenvalue weighted by Crippen LogP contribution is 2.26. The third-order valence-electron chi connectivity index (χ3n) is 2.86. The highest BCUT2D eigenvalue weighted by Gasteiger charge is 2.37. The summed E-state index contributed by atoms with van der Waals surface area (Å²) in [6.07, 6.45) is 0. The maximum Gasteiger partial charge on any atom is 0.267 e. The van der Waals surface area contributed by atoms with Crippen LogP contribution in [0.4, 0.5) is 5.69 Å². The molecule has 0 spiro atoms. The Balaban J connectivity index is 1.92. The van der Waals surface area contributed by atoms with Crippen molar-refractivity contribution in [2.75, 3.05) is 18.1 Å². The zero-order chi connectivity index (χ0) is 11.1. The molecule has 0 saturated carbocycles. The first-order chi connectivity index (χ1) is 7.74. The molecule has 1 N–H and O–H groups in total. The zero-order valence-electron chi connectivity index (χ0n) is 8.48. The quantitative estimate of drug-likeness (QED) is 0.797. The lowest BCUT2D eigenvalue weighted by atomic mass is 10.1. The summed E-state index contributed by atoms with van der Waals surface area (Å²) in [6.45, 7) is 1.43. The summed E-state index contributed by atoms with van der Waals surface area (Å²) in [5, 5.41) is 9.62. The molecule has 82 valence electrons. The zero-order valence-corrected chi connectivity index (χ0v) is 9.24. The fraction of sp³-hybridized carbons (Fsp3) is 0.273. The molecule has 1 fully saturated rings. The number of carbonyl (C=O) groups excluding carboxylic acids is 1. The molecule has 1 amide bonds. The minimum absolute atomic E-state index is 0.0467. The Morgan fingerprint density at radius 1 is 1.50 bits per heavy atom. The van der Waals surface area contributed by atoms with E-state index >= 15 is 0 Å². The molecule has 0 radical (unpaired) electrons. The molecule has 5 heteroatoms. The highest BCUT2D eigenvalue weighted by atomic mass is 35.5. The van der Waals surface area contributed by atoms with E-state index in [0.717, 1.165) is 12.2 Å². The first kappa shape index (κ1) is 9.66. The van der Waals surface area contributed by atoms with Crippen molar-refractivity contribution in [3.63, 3.8) is 0 Å². The van der Waals surface area contributed by atoms with E-state index in [9.17, 15) is 4.79 Å². The smallest absolute Gasteiger partial charge is 0.267 e. The largest absolute Gasteiger partial charge is 0.350 e. The number of benzene rings is 1. The van der Waals surface area contributed by atoms with Crippen molar-refractivity contribution in [2.45, 2.75) is 0 Å². The number of carbonyl (C=O) groups is 1. The average molecular weight is 236 g/mol. The SMILES string of the molecule is O=C1NCC2CN(c3cccc(Cl)c3)N=C12. The number of anilines is 1. The van der Waals surface area contributed by atoms with Crippen LogP contribution in [0.2, 0.25) is 5.02 Å². The van der Waals surface area contributed by atoms with Crippen molar-refractivity contribution in [3.05, 3.63) is 29.3 Å². The summed E-state index contributed by atoms with van der Waals surface area (Å²) < 4.78 is 0. The monoisotopic (exact) mass is 235 g/mol. The van der Waals surface area contributed by atoms with Gasteiger partial charge in [0.2, 0.25) is 0 Å². The van der Waals surface area contributed by atoms with Gasteiger partial charge in [0, 0.05) is 17.5 Å². The van der Waals surface area contributed by atoms with Crippen LogP contribution in [0.3, 0.4) is 0 Å². The topological polar surface area (TPSA) is 44.7 Å². The van der Waals surface area contributed by atoms with Gasteiger partial charge in [-0.3, -0.25) is 9.80 Å². The number of amides is 1. The second-order valence-corrected chi connectivity index (χ2v) is 4.39. The molecule has 2 aliphatic heterocycles. The molecular formula is C11H10ClN3O. The second-order valence-electron chi connectivity index (χ2n) is 3.95. The number of hydrogen-bond donors (Lipinski definition) is 1. The Kier molecular flexibility index (Phi) is 2.11. The van der Waals surface area contributed by atoms with E-state index < -0.39 is 0 Å². The Morgan fingerprint density at radius 2 is 2.38 bits per heavy atom. The van der Waals surface area contributed by atoms with E-state index in [-0.39, 0.29) is 11.8 Å². The van der Waals surface area contributed by atoms with Crippen LogP contribution in [-0.2, 0) is 4.79 Å². The minimum atomic E-state index is -0.0467. The van der Waals surface area contributed by atoms with Gasteiger partial charge >= 0.3 is 0 Å². The third kappa shape index (κ3) is 1.46. The van der Waals surface area contributed by atoms with E-state index in [2.05, 4.69) is 10.4 Å². The predicted octanol–water partition coefficient (Wildman–Crippen LogP) is 1.26. The molecule has 1 unspecified atom stereocenters. The van der Waals surface area contributed by atoms with E-state index in [0.29, 0.717) is 17.3 Å². The van der Waals surface area contributed by atoms with Gasteiger partial charge in [-0.2, -0.15) is 5.10 Å². The lowest BCUT2D eigenvalue weighted by Crippen LogP contribution is -2.22. The molecule has 1 aromatic carbocycles. The van der Waals surface area contributed by atoms with Gasteiger partial charge in [0.05, 0.1) is 12.2 Å². The van der Waals surface area contributed by atoms with Gasteiger partial charge in [0.1, 0.15) is 5.71 Å². The maximum absolute atomic E-state index is 11.4. The van der Waals surface area contributed by atoms with Crippen LogP contribution in [0.15, 0.2) is 29.4 Å². The Morgan fingerprint density at radius 3 is 3.12 bits per heavy atom. The van der Waals surface area contributed by atoms with E-state index in [1.807, 2.05) is 29.3 Å². The average Bonchev–Trinajstić information content (AvgIpc) is 2.81. The summed E-state index contributed by atoms with van der Waals surface area (Å²) in [4.78, 5) is 11.4. The number of hydrogen-bond acceptors (Lipinski definition) is 3. The molecule has 0 aromatic heterocycles. The number of nitrogens with one attached hydrogen (secondary N) is 1. The van der Waals surface area contributed by atoms with E-state index in [1.165, 1.54) is 0 Å². The summed E-state index contributed by atoms with van der Waals surface area (Å²) >= 11 is 5.92. The van der Waals surface area contributed by atoms with Crippen LogP contribution in [0.5, 0.6) is 0 Å². The Bertz CT molecular complexity index is 486. The van der Waals surface area contributed by atoms with Crippen LogP contribution in [0, 0.1) is 5.92 Å². The molecule has 16 heavy (non-hydrogen) atoms. The van der Waals surface area contributed by atoms with Crippen molar-refractivity contribution in [1.82, 2.24) is 5.32 Å². The van der Waals surface area contributed by atoms with Crippen molar-refractivity contribution >= 4 is 28.9 Å². The van der Waals surface area contributed by atoms with Crippen LogP contribution >= 0.6 is 11.6 Å². The standard InChI is InChI=1S/C11H10ClN3O/c12-8-2-1-3-9(4-8)15-6-7-5-13-11(16)10(7)14-15/h1-4,7H,5-6H2,(H,13,16). The van der Waals surface area contributed by atoms with E-state index in [1.54, 1.807) is 0 Å². The fourth-order valence-electron chi connectivity index (χ4n) is 2.05. The molecular weight excluding hydrogens is 226 g/mol. The van der Waals surface area contributed by atoms with Gasteiger partial charge < -0.3 is 5.32 Å². The normalized spacial score (nSPS) is 23.1. The molecule has 1 saturated heterocycles. The van der Waals surface area contributed by atoms with Crippen LogP contribution in [0.25, 0.3) is 0 Å².